The van der Waals surface area contributed by atoms with Gasteiger partial charge in [-0.15, -0.1) is 0 Å². The Morgan fingerprint density at radius 1 is 1.92 bits per heavy atom. The monoisotopic (exact) mass is 186 g/mol. The zero-order valence-electron chi connectivity index (χ0n) is 7.04. The predicted molar refractivity (Wildman–Crippen MR) is 43.9 cm³/mol. The number of imidazole rings is 1. The molecule has 3 N–H and O–H groups in total. The van der Waals surface area contributed by atoms with Gasteiger partial charge in [0.25, 0.3) is 0 Å². The van der Waals surface area contributed by atoms with E-state index in [4.69, 9.17) is 5.73 Å². The third-order valence-corrected chi connectivity index (χ3v) is 1.67. The van der Waals surface area contributed by atoms with E-state index in [1.165, 1.54) is 10.9 Å². The maximum Gasteiger partial charge on any atom is 0.387 e. The fourth-order valence-corrected chi connectivity index (χ4v) is 1.06. The van der Waals surface area contributed by atoms with Crippen molar-refractivity contribution < 1.29 is 10.0 Å². The number of aryl methyl sites for hydroxylation is 1. The summed E-state index contributed by atoms with van der Waals surface area (Å²) < 4.78 is 1.38. The first-order valence-corrected chi connectivity index (χ1v) is 3.61. The second kappa shape index (κ2) is 3.50. The van der Waals surface area contributed by atoms with E-state index in [1.807, 2.05) is 0 Å². The van der Waals surface area contributed by atoms with E-state index < -0.39 is 11.0 Å². The Balaban J connectivity index is 3.15. The molecule has 7 heteroatoms. The fourth-order valence-electron chi connectivity index (χ4n) is 1.06. The van der Waals surface area contributed by atoms with Gasteiger partial charge < -0.3 is 25.5 Å². The summed E-state index contributed by atoms with van der Waals surface area (Å²) in [7, 11) is 1.56. The normalized spacial score (nSPS) is 12.8. The molecule has 0 aliphatic rings. The molecule has 1 rings (SSSR count). The second-order valence-corrected chi connectivity index (χ2v) is 2.57. The number of nitrogens with zero attached hydrogens (tertiary/aromatic N) is 3. The summed E-state index contributed by atoms with van der Waals surface area (Å²) in [6.07, 6.45) is 0.222. The lowest BCUT2D eigenvalue weighted by atomic mass is 10.2. The van der Waals surface area contributed by atoms with E-state index in [0.29, 0.717) is 0 Å². The van der Waals surface area contributed by atoms with E-state index in [-0.39, 0.29) is 18.1 Å². The van der Waals surface area contributed by atoms with Crippen molar-refractivity contribution in [2.75, 3.05) is 6.54 Å². The van der Waals surface area contributed by atoms with E-state index >= 15 is 0 Å². The van der Waals surface area contributed by atoms with Crippen molar-refractivity contribution in [1.82, 2.24) is 9.55 Å². The fraction of sp³-hybridized carbons (Fsp3) is 0.500. The molecule has 0 radical (unpaired) electrons. The van der Waals surface area contributed by atoms with Gasteiger partial charge in [0.15, 0.2) is 0 Å². The molecule has 7 nitrogen and oxygen atoms in total. The van der Waals surface area contributed by atoms with Gasteiger partial charge in [-0.1, -0.05) is 0 Å². The summed E-state index contributed by atoms with van der Waals surface area (Å²) in [5.74, 6) is -0.347. The van der Waals surface area contributed by atoms with Crippen molar-refractivity contribution in [3.63, 3.8) is 0 Å². The van der Waals surface area contributed by atoms with Gasteiger partial charge in [-0.05, 0) is 9.91 Å². The highest BCUT2D eigenvalue weighted by Crippen LogP contribution is 2.21. The zero-order chi connectivity index (χ0) is 10.0. The molecule has 0 saturated heterocycles. The minimum atomic E-state index is -1.05. The lowest BCUT2D eigenvalue weighted by molar-refractivity contribution is -0.390. The third kappa shape index (κ3) is 1.65. The molecule has 0 amide bonds. The van der Waals surface area contributed by atoms with Gasteiger partial charge in [0.1, 0.15) is 11.8 Å². The maximum absolute atomic E-state index is 10.4. The van der Waals surface area contributed by atoms with Gasteiger partial charge in [0.2, 0.25) is 6.33 Å². The minimum absolute atomic E-state index is 0.0691. The topological polar surface area (TPSA) is 107 Å². The lowest BCUT2D eigenvalue weighted by Gasteiger charge is -2.06. The maximum atomic E-state index is 10.4. The van der Waals surface area contributed by atoms with Crippen LogP contribution in [0.3, 0.4) is 0 Å². The lowest BCUT2D eigenvalue weighted by Crippen LogP contribution is -2.15. The highest BCUT2D eigenvalue weighted by Gasteiger charge is 2.25. The number of aliphatic hydroxyl groups is 1. The van der Waals surface area contributed by atoms with E-state index in [9.17, 15) is 15.2 Å². The molecule has 1 aromatic rings. The minimum Gasteiger partial charge on any atom is -0.385 e. The molecular formula is C6H10N4O3. The third-order valence-electron chi connectivity index (χ3n) is 1.67. The largest absolute Gasteiger partial charge is 0.387 e. The highest BCUT2D eigenvalue weighted by atomic mass is 16.6. The Hall–Kier alpha value is -1.47. The van der Waals surface area contributed by atoms with Crippen molar-refractivity contribution in [2.24, 2.45) is 12.8 Å². The Kier molecular flexibility index (Phi) is 2.59. The van der Waals surface area contributed by atoms with Crippen LogP contribution in [0.25, 0.3) is 0 Å². The molecule has 13 heavy (non-hydrogen) atoms. The number of aliphatic hydroxyl groups excluding tert-OH is 1. The van der Waals surface area contributed by atoms with Gasteiger partial charge in [-0.3, -0.25) is 0 Å². The average Bonchev–Trinajstić information content (AvgIpc) is 2.46. The Bertz CT molecular complexity index is 322. The van der Waals surface area contributed by atoms with Crippen LogP contribution < -0.4 is 5.73 Å². The van der Waals surface area contributed by atoms with E-state index in [2.05, 4.69) is 4.98 Å². The molecule has 0 aliphatic heterocycles. The molecular weight excluding hydrogens is 176 g/mol. The van der Waals surface area contributed by atoms with E-state index in [1.54, 1.807) is 7.05 Å². The van der Waals surface area contributed by atoms with Crippen molar-refractivity contribution in [2.45, 2.75) is 6.10 Å². The molecule has 72 valence electrons. The molecule has 0 aliphatic carbocycles. The van der Waals surface area contributed by atoms with Crippen LogP contribution >= 0.6 is 0 Å². The summed E-state index contributed by atoms with van der Waals surface area (Å²) in [5.41, 5.74) is 5.32. The first-order valence-electron chi connectivity index (χ1n) is 3.61. The summed E-state index contributed by atoms with van der Waals surface area (Å²) in [6, 6.07) is 0. The Labute approximate surface area is 74.0 Å². The molecule has 0 aromatic carbocycles. The van der Waals surface area contributed by atoms with Crippen LogP contribution in [0.15, 0.2) is 6.33 Å². The SMILES string of the molecule is Cn1cnc([N+](=O)[O-])c1C(O)CN. The van der Waals surface area contributed by atoms with Crippen LogP contribution in [0.4, 0.5) is 5.82 Å². The molecule has 1 aromatic heterocycles. The zero-order valence-corrected chi connectivity index (χ0v) is 7.04. The molecule has 1 atom stereocenters. The second-order valence-electron chi connectivity index (χ2n) is 2.57. The standard InChI is InChI=1S/C6H10N4O3/c1-9-3-8-6(10(12)13)5(9)4(11)2-7/h3-4,11H,2,7H2,1H3. The van der Waals surface area contributed by atoms with Crippen molar-refractivity contribution in [1.29, 1.82) is 0 Å². The molecule has 1 unspecified atom stereocenters. The molecule has 0 saturated carbocycles. The number of hydrogen-bond acceptors (Lipinski definition) is 5. The van der Waals surface area contributed by atoms with Gasteiger partial charge in [0.05, 0.1) is 0 Å². The van der Waals surface area contributed by atoms with Crippen LogP contribution in [0, 0.1) is 10.1 Å². The van der Waals surface area contributed by atoms with Crippen molar-refractivity contribution in [3.8, 4) is 0 Å². The van der Waals surface area contributed by atoms with Crippen LogP contribution in [0.1, 0.15) is 11.8 Å². The summed E-state index contributed by atoms with van der Waals surface area (Å²) in [5, 5.41) is 19.8. The summed E-state index contributed by atoms with van der Waals surface area (Å²) in [4.78, 5) is 13.3. The van der Waals surface area contributed by atoms with Crippen LogP contribution in [0.5, 0.6) is 0 Å². The summed E-state index contributed by atoms with van der Waals surface area (Å²) in [6.45, 7) is -0.0691. The molecule has 0 spiro atoms. The number of nitro groups is 1. The van der Waals surface area contributed by atoms with Gasteiger partial charge >= 0.3 is 5.82 Å². The van der Waals surface area contributed by atoms with Gasteiger partial charge in [0, 0.05) is 13.6 Å². The predicted octanol–water partition coefficient (Wildman–Crippen LogP) is -0.680. The molecule has 0 bridgehead atoms. The highest BCUT2D eigenvalue weighted by molar-refractivity contribution is 5.29. The van der Waals surface area contributed by atoms with Crippen LogP contribution in [0.2, 0.25) is 0 Å². The Morgan fingerprint density at radius 2 is 2.54 bits per heavy atom. The molecule has 1 heterocycles. The summed E-state index contributed by atoms with van der Waals surface area (Å²) >= 11 is 0. The number of hydrogen-bond donors (Lipinski definition) is 2. The number of nitrogens with two attached hydrogens (primary N) is 1. The number of aromatic nitrogens is 2. The van der Waals surface area contributed by atoms with Crippen LogP contribution in [-0.2, 0) is 7.05 Å². The first kappa shape index (κ1) is 9.62. The van der Waals surface area contributed by atoms with Gasteiger partial charge in [-0.2, -0.15) is 0 Å². The first-order chi connectivity index (χ1) is 6.07. The van der Waals surface area contributed by atoms with E-state index in [0.717, 1.165) is 0 Å². The van der Waals surface area contributed by atoms with Crippen molar-refractivity contribution >= 4 is 5.82 Å². The molecule has 0 fully saturated rings. The average molecular weight is 186 g/mol. The van der Waals surface area contributed by atoms with Crippen molar-refractivity contribution in [3.05, 3.63) is 22.1 Å². The van der Waals surface area contributed by atoms with Crippen LogP contribution in [-0.4, -0.2) is 26.1 Å². The number of rotatable bonds is 3. The van der Waals surface area contributed by atoms with Gasteiger partial charge in [-0.25, -0.2) is 0 Å². The smallest absolute Gasteiger partial charge is 0.385 e. The quantitative estimate of drug-likeness (QED) is 0.480. The Morgan fingerprint density at radius 3 is 3.00 bits per heavy atom.